The maximum Gasteiger partial charge on any atom is 0.152 e. The quantitative estimate of drug-likeness (QED) is 0.804. The Balaban J connectivity index is 2.02. The third-order valence-electron chi connectivity index (χ3n) is 1.78. The summed E-state index contributed by atoms with van der Waals surface area (Å²) in [6.45, 7) is 2.22. The highest BCUT2D eigenvalue weighted by Crippen LogP contribution is 2.21. The van der Waals surface area contributed by atoms with Crippen molar-refractivity contribution in [3.8, 4) is 5.75 Å². The normalized spacial score (nSPS) is 10.3. The SMILES string of the molecule is Cc1cc(COc2cccnc2Br)no1. The standard InChI is InChI=1S/C10H9BrN2O2/c1-7-5-8(13-15-7)6-14-9-3-2-4-12-10(9)11/h2-5H,6H2,1H3. The summed E-state index contributed by atoms with van der Waals surface area (Å²) in [6.07, 6.45) is 1.69. The fourth-order valence-electron chi connectivity index (χ4n) is 1.12. The molecule has 0 aliphatic carbocycles. The summed E-state index contributed by atoms with van der Waals surface area (Å²) in [5.41, 5.74) is 0.767. The zero-order valence-electron chi connectivity index (χ0n) is 8.11. The number of rotatable bonds is 3. The number of pyridine rings is 1. The zero-order valence-corrected chi connectivity index (χ0v) is 9.69. The molecule has 0 radical (unpaired) electrons. The number of hydrogen-bond donors (Lipinski definition) is 0. The minimum Gasteiger partial charge on any atom is -0.484 e. The topological polar surface area (TPSA) is 48.2 Å². The Morgan fingerprint density at radius 2 is 2.40 bits per heavy atom. The lowest BCUT2D eigenvalue weighted by Crippen LogP contribution is -1.96. The van der Waals surface area contributed by atoms with E-state index < -0.39 is 0 Å². The second-order valence-electron chi connectivity index (χ2n) is 3.01. The molecule has 0 aliphatic heterocycles. The minimum atomic E-state index is 0.377. The van der Waals surface area contributed by atoms with E-state index in [2.05, 4.69) is 26.1 Å². The van der Waals surface area contributed by atoms with Gasteiger partial charge in [-0.15, -0.1) is 0 Å². The van der Waals surface area contributed by atoms with E-state index in [1.807, 2.05) is 25.1 Å². The molecule has 0 aliphatic rings. The largest absolute Gasteiger partial charge is 0.484 e. The van der Waals surface area contributed by atoms with Crippen molar-refractivity contribution in [2.45, 2.75) is 13.5 Å². The van der Waals surface area contributed by atoms with Crippen molar-refractivity contribution < 1.29 is 9.26 Å². The molecule has 2 aromatic rings. The van der Waals surface area contributed by atoms with Crippen LogP contribution in [0.25, 0.3) is 0 Å². The van der Waals surface area contributed by atoms with Crippen LogP contribution in [-0.4, -0.2) is 10.1 Å². The summed E-state index contributed by atoms with van der Waals surface area (Å²) in [7, 11) is 0. The molecule has 2 aromatic heterocycles. The van der Waals surface area contributed by atoms with Crippen LogP contribution >= 0.6 is 15.9 Å². The lowest BCUT2D eigenvalue weighted by molar-refractivity contribution is 0.285. The highest BCUT2D eigenvalue weighted by atomic mass is 79.9. The van der Waals surface area contributed by atoms with Crippen LogP contribution in [0.2, 0.25) is 0 Å². The molecule has 5 heteroatoms. The summed E-state index contributed by atoms with van der Waals surface area (Å²) in [5.74, 6) is 1.47. The van der Waals surface area contributed by atoms with Gasteiger partial charge in [0.1, 0.15) is 22.7 Å². The molecule has 0 fully saturated rings. The first-order valence-electron chi connectivity index (χ1n) is 4.41. The molecule has 0 aromatic carbocycles. The van der Waals surface area contributed by atoms with E-state index in [-0.39, 0.29) is 0 Å². The van der Waals surface area contributed by atoms with E-state index in [0.717, 1.165) is 11.5 Å². The smallest absolute Gasteiger partial charge is 0.152 e. The van der Waals surface area contributed by atoms with Gasteiger partial charge in [-0.25, -0.2) is 4.98 Å². The van der Waals surface area contributed by atoms with Crippen LogP contribution in [-0.2, 0) is 6.61 Å². The molecule has 0 unspecified atom stereocenters. The molecular weight excluding hydrogens is 260 g/mol. The number of aromatic nitrogens is 2. The summed E-state index contributed by atoms with van der Waals surface area (Å²) < 4.78 is 11.1. The molecule has 2 heterocycles. The van der Waals surface area contributed by atoms with Gasteiger partial charge in [0.05, 0.1) is 0 Å². The summed E-state index contributed by atoms with van der Waals surface area (Å²) in [4.78, 5) is 4.04. The third-order valence-corrected chi connectivity index (χ3v) is 2.37. The number of hydrogen-bond acceptors (Lipinski definition) is 4. The number of halogens is 1. The van der Waals surface area contributed by atoms with Gasteiger partial charge in [0.25, 0.3) is 0 Å². The summed E-state index contributed by atoms with van der Waals surface area (Å²) in [5, 5.41) is 3.82. The Hall–Kier alpha value is -1.36. The Morgan fingerprint density at radius 3 is 3.07 bits per heavy atom. The van der Waals surface area contributed by atoms with Gasteiger partial charge in [-0.2, -0.15) is 0 Å². The Labute approximate surface area is 95.4 Å². The van der Waals surface area contributed by atoms with Crippen molar-refractivity contribution in [1.82, 2.24) is 10.1 Å². The molecule has 78 valence electrons. The van der Waals surface area contributed by atoms with E-state index in [1.165, 1.54) is 0 Å². The van der Waals surface area contributed by atoms with E-state index in [4.69, 9.17) is 9.26 Å². The molecule has 0 saturated carbocycles. The van der Waals surface area contributed by atoms with Crippen molar-refractivity contribution in [1.29, 1.82) is 0 Å². The van der Waals surface area contributed by atoms with Gasteiger partial charge in [-0.1, -0.05) is 5.16 Å². The average Bonchev–Trinajstić information content (AvgIpc) is 2.63. The molecule has 4 nitrogen and oxygen atoms in total. The van der Waals surface area contributed by atoms with Gasteiger partial charge in [0, 0.05) is 12.3 Å². The van der Waals surface area contributed by atoms with Crippen molar-refractivity contribution >= 4 is 15.9 Å². The van der Waals surface area contributed by atoms with E-state index in [0.29, 0.717) is 17.0 Å². The second-order valence-corrected chi connectivity index (χ2v) is 3.76. The molecule has 15 heavy (non-hydrogen) atoms. The fourth-order valence-corrected chi connectivity index (χ4v) is 1.48. The molecule has 0 spiro atoms. The van der Waals surface area contributed by atoms with Crippen LogP contribution in [0.1, 0.15) is 11.5 Å². The zero-order chi connectivity index (χ0) is 10.7. The monoisotopic (exact) mass is 268 g/mol. The van der Waals surface area contributed by atoms with Crippen LogP contribution < -0.4 is 4.74 Å². The van der Waals surface area contributed by atoms with E-state index in [9.17, 15) is 0 Å². The van der Waals surface area contributed by atoms with Crippen molar-refractivity contribution in [2.75, 3.05) is 0 Å². The molecule has 0 saturated heterocycles. The maximum atomic E-state index is 5.50. The first kappa shape index (κ1) is 10.2. The highest BCUT2D eigenvalue weighted by molar-refractivity contribution is 9.10. The van der Waals surface area contributed by atoms with Crippen molar-refractivity contribution in [3.05, 3.63) is 40.5 Å². The van der Waals surface area contributed by atoms with E-state index in [1.54, 1.807) is 6.20 Å². The minimum absolute atomic E-state index is 0.377. The molecule has 0 N–H and O–H groups in total. The van der Waals surface area contributed by atoms with Crippen LogP contribution in [0.5, 0.6) is 5.75 Å². The number of aryl methyl sites for hydroxylation is 1. The molecule has 2 rings (SSSR count). The van der Waals surface area contributed by atoms with Crippen molar-refractivity contribution in [2.24, 2.45) is 0 Å². The first-order valence-corrected chi connectivity index (χ1v) is 5.20. The van der Waals surface area contributed by atoms with Crippen LogP contribution in [0, 0.1) is 6.92 Å². The van der Waals surface area contributed by atoms with Gasteiger partial charge >= 0.3 is 0 Å². The third kappa shape index (κ3) is 2.56. The molecular formula is C10H9BrN2O2. The fraction of sp³-hybridized carbons (Fsp3) is 0.200. The first-order chi connectivity index (χ1) is 7.25. The predicted molar refractivity (Wildman–Crippen MR) is 57.5 cm³/mol. The highest BCUT2D eigenvalue weighted by Gasteiger charge is 2.04. The summed E-state index contributed by atoms with van der Waals surface area (Å²) in [6, 6.07) is 5.49. The maximum absolute atomic E-state index is 5.50. The van der Waals surface area contributed by atoms with Crippen molar-refractivity contribution in [3.63, 3.8) is 0 Å². The lowest BCUT2D eigenvalue weighted by atomic mass is 10.4. The predicted octanol–water partition coefficient (Wildman–Crippen LogP) is 2.72. The van der Waals surface area contributed by atoms with Crippen LogP contribution in [0.3, 0.4) is 0 Å². The van der Waals surface area contributed by atoms with Gasteiger partial charge in [-0.3, -0.25) is 0 Å². The van der Waals surface area contributed by atoms with Crippen LogP contribution in [0.15, 0.2) is 33.5 Å². The van der Waals surface area contributed by atoms with Gasteiger partial charge in [-0.05, 0) is 35.0 Å². The second kappa shape index (κ2) is 4.44. The Morgan fingerprint density at radius 1 is 1.53 bits per heavy atom. The number of nitrogens with zero attached hydrogens (tertiary/aromatic N) is 2. The van der Waals surface area contributed by atoms with Gasteiger partial charge in [0.15, 0.2) is 5.75 Å². The molecule has 0 atom stereocenters. The Kier molecular flexibility index (Phi) is 3.01. The number of ether oxygens (including phenoxy) is 1. The lowest BCUT2D eigenvalue weighted by Gasteiger charge is -2.04. The molecule has 0 amide bonds. The summed E-state index contributed by atoms with van der Waals surface area (Å²) >= 11 is 3.30. The van der Waals surface area contributed by atoms with E-state index >= 15 is 0 Å². The average molecular weight is 269 g/mol. The van der Waals surface area contributed by atoms with Crippen LogP contribution in [0.4, 0.5) is 0 Å². The molecule has 0 bridgehead atoms. The Bertz CT molecular complexity index is 456. The van der Waals surface area contributed by atoms with Gasteiger partial charge < -0.3 is 9.26 Å². The van der Waals surface area contributed by atoms with Gasteiger partial charge in [0.2, 0.25) is 0 Å².